The van der Waals surface area contributed by atoms with Crippen LogP contribution in [0.1, 0.15) is 31.9 Å². The lowest BCUT2D eigenvalue weighted by molar-refractivity contribution is -0.274. The fraction of sp³-hybridized carbons (Fsp3) is 0.240. The van der Waals surface area contributed by atoms with Gasteiger partial charge >= 0.3 is 12.4 Å². The second kappa shape index (κ2) is 9.04. The first-order valence-electron chi connectivity index (χ1n) is 10.5. The Balaban J connectivity index is 1.89. The third kappa shape index (κ3) is 4.55. The summed E-state index contributed by atoms with van der Waals surface area (Å²) in [5.74, 6) is -0.350. The number of nitrogens with zero attached hydrogens (tertiary/aromatic N) is 2. The summed E-state index contributed by atoms with van der Waals surface area (Å²) >= 11 is 12.1. The highest BCUT2D eigenvalue weighted by molar-refractivity contribution is 6.31. The molecule has 1 saturated heterocycles. The molecule has 0 unspecified atom stereocenters. The molecule has 0 aliphatic carbocycles. The van der Waals surface area contributed by atoms with Gasteiger partial charge in [0.2, 0.25) is 0 Å². The Kier molecular flexibility index (Phi) is 6.44. The molecule has 0 spiro atoms. The minimum absolute atomic E-state index is 0.318. The van der Waals surface area contributed by atoms with Crippen molar-refractivity contribution in [2.75, 3.05) is 9.80 Å². The number of ether oxygens (including phenoxy) is 1. The van der Waals surface area contributed by atoms with Crippen molar-refractivity contribution in [1.29, 1.82) is 0 Å². The fourth-order valence-electron chi connectivity index (χ4n) is 4.44. The molecule has 0 radical (unpaired) electrons. The number of hydrogen-bond donors (Lipinski definition) is 0. The van der Waals surface area contributed by atoms with Crippen molar-refractivity contribution in [3.63, 3.8) is 0 Å². The van der Waals surface area contributed by atoms with Gasteiger partial charge in [-0.05, 0) is 79.6 Å². The highest BCUT2D eigenvalue weighted by Crippen LogP contribution is 2.50. The molecule has 1 fully saturated rings. The molecule has 1 heterocycles. The van der Waals surface area contributed by atoms with Crippen LogP contribution in [0.25, 0.3) is 0 Å². The molecule has 34 heavy (non-hydrogen) atoms. The van der Waals surface area contributed by atoms with E-state index in [0.29, 0.717) is 33.4 Å². The zero-order chi connectivity index (χ0) is 24.7. The maximum Gasteiger partial charge on any atom is 0.573 e. The second-order valence-corrected chi connectivity index (χ2v) is 9.05. The number of halogens is 5. The van der Waals surface area contributed by atoms with Crippen LogP contribution < -0.4 is 14.5 Å². The highest BCUT2D eigenvalue weighted by atomic mass is 35.5. The predicted molar refractivity (Wildman–Crippen MR) is 128 cm³/mol. The Morgan fingerprint density at radius 1 is 0.941 bits per heavy atom. The van der Waals surface area contributed by atoms with Crippen LogP contribution >= 0.6 is 23.2 Å². The maximum atomic E-state index is 13.9. The maximum absolute atomic E-state index is 13.9. The van der Waals surface area contributed by atoms with Gasteiger partial charge in [0.15, 0.2) is 0 Å². The molecule has 4 nitrogen and oxygen atoms in total. The average molecular weight is 509 g/mol. The van der Waals surface area contributed by atoms with Crippen molar-refractivity contribution < 1.29 is 22.7 Å². The van der Waals surface area contributed by atoms with Gasteiger partial charge < -0.3 is 4.74 Å². The number of benzene rings is 3. The average Bonchev–Trinajstić information content (AvgIpc) is 3.01. The molecule has 0 saturated carbocycles. The Morgan fingerprint density at radius 3 is 2.03 bits per heavy atom. The van der Waals surface area contributed by atoms with Crippen molar-refractivity contribution in [3.05, 3.63) is 88.4 Å². The number of carbonyl (C=O) groups excluding carboxylic acids is 1. The molecule has 0 N–H and O–H groups in total. The summed E-state index contributed by atoms with van der Waals surface area (Å²) < 4.78 is 42.9. The molecule has 9 heteroatoms. The summed E-state index contributed by atoms with van der Waals surface area (Å²) in [6.45, 7) is 3.85. The summed E-state index contributed by atoms with van der Waals surface area (Å²) in [5, 5.41) is 1.03. The van der Waals surface area contributed by atoms with Crippen molar-refractivity contribution in [2.24, 2.45) is 0 Å². The Hall–Kier alpha value is -2.90. The number of amides is 2. The third-order valence-electron chi connectivity index (χ3n) is 6.07. The van der Waals surface area contributed by atoms with Crippen LogP contribution in [0.5, 0.6) is 5.75 Å². The van der Waals surface area contributed by atoms with E-state index in [-0.39, 0.29) is 11.8 Å². The van der Waals surface area contributed by atoms with E-state index in [2.05, 4.69) is 4.74 Å². The summed E-state index contributed by atoms with van der Waals surface area (Å²) in [5.41, 5.74) is 0.882. The number of anilines is 2. The molecular weight excluding hydrogens is 488 g/mol. The first-order valence-corrected chi connectivity index (χ1v) is 11.3. The van der Waals surface area contributed by atoms with Gasteiger partial charge in [0.25, 0.3) is 0 Å². The number of hydrogen-bond acceptors (Lipinski definition) is 2. The molecule has 3 aromatic carbocycles. The predicted octanol–water partition coefficient (Wildman–Crippen LogP) is 8.25. The number of urea groups is 1. The monoisotopic (exact) mass is 508 g/mol. The molecule has 2 amide bonds. The molecule has 178 valence electrons. The lowest BCUT2D eigenvalue weighted by atomic mass is 9.83. The molecule has 2 atom stereocenters. The smallest absolute Gasteiger partial charge is 0.406 e. The van der Waals surface area contributed by atoms with E-state index in [4.69, 9.17) is 23.2 Å². The number of rotatable bonds is 5. The lowest BCUT2D eigenvalue weighted by Gasteiger charge is -2.38. The van der Waals surface area contributed by atoms with E-state index in [1.54, 1.807) is 64.4 Å². The van der Waals surface area contributed by atoms with Crippen LogP contribution in [0.3, 0.4) is 0 Å². The van der Waals surface area contributed by atoms with E-state index in [1.165, 1.54) is 18.2 Å². The highest BCUT2D eigenvalue weighted by Gasteiger charge is 2.55. The first-order chi connectivity index (χ1) is 16.0. The molecule has 0 bridgehead atoms. The van der Waals surface area contributed by atoms with Gasteiger partial charge in [-0.3, -0.25) is 9.80 Å². The first kappa shape index (κ1) is 24.2. The van der Waals surface area contributed by atoms with Gasteiger partial charge in [-0.2, -0.15) is 0 Å². The van der Waals surface area contributed by atoms with Crippen LogP contribution in [-0.4, -0.2) is 17.9 Å². The summed E-state index contributed by atoms with van der Waals surface area (Å²) in [4.78, 5) is 17.2. The Bertz CT molecular complexity index is 1190. The number of carbonyl (C=O) groups is 1. The van der Waals surface area contributed by atoms with E-state index < -0.39 is 17.9 Å². The SMILES string of the molecule is CC[C@]1(C)[C@H](c2cccc(OC(F)(F)F)c2)N(c2ccc(Cl)cc2)C(=O)N1c1ccc(Cl)cc1. The van der Waals surface area contributed by atoms with Crippen molar-refractivity contribution in [1.82, 2.24) is 0 Å². The zero-order valence-electron chi connectivity index (χ0n) is 18.3. The third-order valence-corrected chi connectivity index (χ3v) is 6.57. The second-order valence-electron chi connectivity index (χ2n) is 8.17. The van der Waals surface area contributed by atoms with Crippen molar-refractivity contribution in [2.45, 2.75) is 38.2 Å². The van der Waals surface area contributed by atoms with Crippen LogP contribution in [0.2, 0.25) is 10.0 Å². The van der Waals surface area contributed by atoms with E-state index in [0.717, 1.165) is 0 Å². The summed E-state index contributed by atoms with van der Waals surface area (Å²) in [7, 11) is 0. The molecule has 4 rings (SSSR count). The largest absolute Gasteiger partial charge is 0.573 e. The zero-order valence-corrected chi connectivity index (χ0v) is 19.8. The Labute approximate surface area is 205 Å². The summed E-state index contributed by atoms with van der Waals surface area (Å²) in [6.07, 6.45) is -4.32. The summed E-state index contributed by atoms with van der Waals surface area (Å²) in [6, 6.07) is 18.4. The Morgan fingerprint density at radius 2 is 1.50 bits per heavy atom. The quantitative estimate of drug-likeness (QED) is 0.347. The fourth-order valence-corrected chi connectivity index (χ4v) is 4.69. The van der Waals surface area contributed by atoms with Gasteiger partial charge in [-0.1, -0.05) is 42.3 Å². The van der Waals surface area contributed by atoms with Gasteiger partial charge in [-0.25, -0.2) is 4.79 Å². The van der Waals surface area contributed by atoms with E-state index in [1.807, 2.05) is 13.8 Å². The topological polar surface area (TPSA) is 32.8 Å². The van der Waals surface area contributed by atoms with Crippen LogP contribution in [-0.2, 0) is 0 Å². The minimum atomic E-state index is -4.83. The van der Waals surface area contributed by atoms with Crippen LogP contribution in [0.4, 0.5) is 29.3 Å². The van der Waals surface area contributed by atoms with Gasteiger partial charge in [0, 0.05) is 21.4 Å². The molecule has 1 aliphatic rings. The standard InChI is InChI=1S/C25H21Cl2F3N2O2/c1-3-24(2)22(16-5-4-6-21(15-16)34-25(28,29)30)31(19-11-7-17(26)8-12-19)23(33)32(24)20-13-9-18(27)10-14-20/h4-15,22H,3H2,1-2H3/t22-,24+/m0/s1. The van der Waals surface area contributed by atoms with Crippen molar-refractivity contribution >= 4 is 40.6 Å². The van der Waals surface area contributed by atoms with Gasteiger partial charge in [0.1, 0.15) is 5.75 Å². The minimum Gasteiger partial charge on any atom is -0.406 e. The molecule has 3 aromatic rings. The van der Waals surface area contributed by atoms with E-state index >= 15 is 0 Å². The van der Waals surface area contributed by atoms with Crippen LogP contribution in [0.15, 0.2) is 72.8 Å². The number of alkyl halides is 3. The van der Waals surface area contributed by atoms with Gasteiger partial charge in [-0.15, -0.1) is 13.2 Å². The molecule has 0 aromatic heterocycles. The lowest BCUT2D eigenvalue weighted by Crippen LogP contribution is -2.45. The van der Waals surface area contributed by atoms with E-state index in [9.17, 15) is 18.0 Å². The van der Waals surface area contributed by atoms with Crippen LogP contribution in [0, 0.1) is 0 Å². The molecule has 1 aliphatic heterocycles. The van der Waals surface area contributed by atoms with Gasteiger partial charge in [0.05, 0.1) is 11.6 Å². The molecular formula is C25H21Cl2F3N2O2. The normalized spacial score (nSPS) is 20.7. The van der Waals surface area contributed by atoms with Crippen molar-refractivity contribution in [3.8, 4) is 5.75 Å².